The monoisotopic (exact) mass is 338 g/mol. The number of hydrogen-bond acceptors (Lipinski definition) is 5. The van der Waals surface area contributed by atoms with Crippen LogP contribution in [0.25, 0.3) is 6.08 Å². The Morgan fingerprint density at radius 1 is 1.20 bits per heavy atom. The van der Waals surface area contributed by atoms with Gasteiger partial charge in [0, 0.05) is 5.56 Å². The molecule has 0 aliphatic carbocycles. The number of para-hydroxylation sites is 1. The van der Waals surface area contributed by atoms with E-state index in [0.717, 1.165) is 12.0 Å². The molecule has 1 heterocycles. The number of carbonyl (C=O) groups excluding carboxylic acids is 2. The van der Waals surface area contributed by atoms with Gasteiger partial charge in [0.15, 0.2) is 5.76 Å². The van der Waals surface area contributed by atoms with Gasteiger partial charge < -0.3 is 14.2 Å². The maximum absolute atomic E-state index is 12.6. The van der Waals surface area contributed by atoms with Crippen LogP contribution in [0.1, 0.15) is 39.6 Å². The number of Topliss-reactive ketones (excluding diaryl/α,β-unsaturated/α-hetero) is 1. The second-order valence-electron chi connectivity index (χ2n) is 5.53. The first-order valence-electron chi connectivity index (χ1n) is 8.02. The van der Waals surface area contributed by atoms with Crippen LogP contribution in [0.4, 0.5) is 0 Å². The van der Waals surface area contributed by atoms with Crippen molar-refractivity contribution in [2.24, 2.45) is 0 Å². The van der Waals surface area contributed by atoms with Crippen molar-refractivity contribution in [1.29, 1.82) is 0 Å². The lowest BCUT2D eigenvalue weighted by Gasteiger charge is -2.08. The number of esters is 1. The number of ketones is 1. The van der Waals surface area contributed by atoms with Gasteiger partial charge in [-0.1, -0.05) is 25.1 Å². The normalized spacial score (nSPS) is 14.2. The van der Waals surface area contributed by atoms with E-state index in [1.54, 1.807) is 18.2 Å². The van der Waals surface area contributed by atoms with Crippen LogP contribution in [0.3, 0.4) is 0 Å². The van der Waals surface area contributed by atoms with E-state index in [9.17, 15) is 9.59 Å². The summed E-state index contributed by atoms with van der Waals surface area (Å²) in [4.78, 5) is 24.2. The molecule has 2 aromatic rings. The predicted octanol–water partition coefficient (Wildman–Crippen LogP) is 3.88. The molecular formula is C20H18O5. The largest absolute Gasteiger partial charge is 0.493 e. The van der Waals surface area contributed by atoms with Crippen LogP contribution in [-0.4, -0.2) is 25.5 Å². The molecule has 0 bridgehead atoms. The molecule has 25 heavy (non-hydrogen) atoms. The highest BCUT2D eigenvalue weighted by Gasteiger charge is 2.28. The Balaban J connectivity index is 1.92. The summed E-state index contributed by atoms with van der Waals surface area (Å²) < 4.78 is 16.0. The Kier molecular flexibility index (Phi) is 4.84. The van der Waals surface area contributed by atoms with Gasteiger partial charge in [0.25, 0.3) is 0 Å². The highest BCUT2D eigenvalue weighted by Crippen LogP contribution is 2.33. The molecule has 0 N–H and O–H groups in total. The third kappa shape index (κ3) is 3.40. The summed E-state index contributed by atoms with van der Waals surface area (Å²) >= 11 is 0. The minimum atomic E-state index is -0.494. The zero-order valence-electron chi connectivity index (χ0n) is 14.1. The molecule has 0 amide bonds. The van der Waals surface area contributed by atoms with Gasteiger partial charge in [0.1, 0.15) is 11.5 Å². The lowest BCUT2D eigenvalue weighted by molar-refractivity contribution is 0.0600. The van der Waals surface area contributed by atoms with Gasteiger partial charge in [-0.15, -0.1) is 0 Å². The Labute approximate surface area is 145 Å². The average molecular weight is 338 g/mol. The lowest BCUT2D eigenvalue weighted by Crippen LogP contribution is -2.03. The van der Waals surface area contributed by atoms with E-state index >= 15 is 0 Å². The SMILES string of the molecule is CCCOc1ccccc1/C=C1/Oc2ccc(C(=O)OC)cc2C1=O. The first kappa shape index (κ1) is 16.8. The van der Waals surface area contributed by atoms with Crippen molar-refractivity contribution in [2.75, 3.05) is 13.7 Å². The minimum Gasteiger partial charge on any atom is -0.493 e. The van der Waals surface area contributed by atoms with Crippen molar-refractivity contribution in [3.63, 3.8) is 0 Å². The summed E-state index contributed by atoms with van der Waals surface area (Å²) in [5.41, 5.74) is 1.42. The molecule has 0 spiro atoms. The number of fused-ring (bicyclic) bond motifs is 1. The van der Waals surface area contributed by atoms with Gasteiger partial charge in [-0.05, 0) is 36.8 Å². The fourth-order valence-electron chi connectivity index (χ4n) is 2.52. The minimum absolute atomic E-state index is 0.199. The molecule has 0 saturated carbocycles. The number of hydrogen-bond donors (Lipinski definition) is 0. The van der Waals surface area contributed by atoms with Crippen molar-refractivity contribution in [3.8, 4) is 11.5 Å². The third-order valence-electron chi connectivity index (χ3n) is 3.76. The summed E-state index contributed by atoms with van der Waals surface area (Å²) in [6.07, 6.45) is 2.55. The van der Waals surface area contributed by atoms with E-state index in [1.807, 2.05) is 31.2 Å². The molecule has 1 aliphatic rings. The number of methoxy groups -OCH3 is 1. The van der Waals surface area contributed by atoms with Crippen LogP contribution >= 0.6 is 0 Å². The van der Waals surface area contributed by atoms with Crippen LogP contribution in [0, 0.1) is 0 Å². The summed E-state index contributed by atoms with van der Waals surface area (Å²) in [6, 6.07) is 12.1. The topological polar surface area (TPSA) is 61.8 Å². The number of benzene rings is 2. The molecule has 0 radical (unpaired) electrons. The predicted molar refractivity (Wildman–Crippen MR) is 92.9 cm³/mol. The zero-order valence-corrected chi connectivity index (χ0v) is 14.1. The average Bonchev–Trinajstić information content (AvgIpc) is 2.95. The molecule has 0 unspecified atom stereocenters. The molecule has 1 aliphatic heterocycles. The second kappa shape index (κ2) is 7.21. The van der Waals surface area contributed by atoms with E-state index in [-0.39, 0.29) is 11.5 Å². The molecule has 5 nitrogen and oxygen atoms in total. The van der Waals surface area contributed by atoms with Crippen molar-refractivity contribution in [1.82, 2.24) is 0 Å². The number of carbonyl (C=O) groups is 2. The maximum Gasteiger partial charge on any atom is 0.337 e. The summed E-state index contributed by atoms with van der Waals surface area (Å²) in [5.74, 6) is 0.553. The van der Waals surface area contributed by atoms with E-state index in [1.165, 1.54) is 13.2 Å². The fraction of sp³-hybridized carbons (Fsp3) is 0.200. The van der Waals surface area contributed by atoms with E-state index in [4.69, 9.17) is 9.47 Å². The molecule has 128 valence electrons. The summed E-state index contributed by atoms with van der Waals surface area (Å²) in [5, 5.41) is 0. The van der Waals surface area contributed by atoms with Gasteiger partial charge >= 0.3 is 5.97 Å². The number of allylic oxidation sites excluding steroid dienone is 1. The zero-order chi connectivity index (χ0) is 17.8. The lowest BCUT2D eigenvalue weighted by atomic mass is 10.1. The van der Waals surface area contributed by atoms with E-state index < -0.39 is 5.97 Å². The summed E-state index contributed by atoms with van der Waals surface area (Å²) in [6.45, 7) is 2.62. The molecule has 0 atom stereocenters. The first-order chi connectivity index (χ1) is 12.1. The maximum atomic E-state index is 12.6. The van der Waals surface area contributed by atoms with Gasteiger partial charge in [0.2, 0.25) is 5.78 Å². The van der Waals surface area contributed by atoms with Crippen molar-refractivity contribution in [3.05, 3.63) is 64.9 Å². The molecule has 2 aromatic carbocycles. The van der Waals surface area contributed by atoms with Crippen molar-refractivity contribution >= 4 is 17.8 Å². The molecule has 0 fully saturated rings. The summed E-state index contributed by atoms with van der Waals surface area (Å²) in [7, 11) is 1.30. The molecule has 5 heteroatoms. The standard InChI is InChI=1S/C20H18O5/c1-3-10-24-16-7-5-4-6-13(16)12-18-19(21)15-11-14(20(22)23-2)8-9-17(15)25-18/h4-9,11-12H,3,10H2,1-2H3/b18-12+. The quantitative estimate of drug-likeness (QED) is 0.611. The van der Waals surface area contributed by atoms with Crippen LogP contribution in [-0.2, 0) is 4.74 Å². The van der Waals surface area contributed by atoms with E-state index in [2.05, 4.69) is 4.74 Å². The second-order valence-corrected chi connectivity index (χ2v) is 5.53. The van der Waals surface area contributed by atoms with Crippen LogP contribution in [0.2, 0.25) is 0 Å². The van der Waals surface area contributed by atoms with Crippen LogP contribution < -0.4 is 9.47 Å². The first-order valence-corrected chi connectivity index (χ1v) is 8.02. The Morgan fingerprint density at radius 3 is 2.76 bits per heavy atom. The van der Waals surface area contributed by atoms with Gasteiger partial charge in [0.05, 0.1) is 24.8 Å². The van der Waals surface area contributed by atoms with Gasteiger partial charge in [-0.2, -0.15) is 0 Å². The number of rotatable bonds is 5. The van der Waals surface area contributed by atoms with Crippen LogP contribution in [0.15, 0.2) is 48.2 Å². The van der Waals surface area contributed by atoms with Crippen molar-refractivity contribution in [2.45, 2.75) is 13.3 Å². The number of ether oxygens (including phenoxy) is 3. The van der Waals surface area contributed by atoms with Crippen LogP contribution in [0.5, 0.6) is 11.5 Å². The third-order valence-corrected chi connectivity index (χ3v) is 3.76. The molecule has 0 aromatic heterocycles. The Hall–Kier alpha value is -3.08. The molecule has 3 rings (SSSR count). The Bertz CT molecular complexity index is 851. The van der Waals surface area contributed by atoms with E-state index in [0.29, 0.717) is 29.2 Å². The smallest absolute Gasteiger partial charge is 0.337 e. The van der Waals surface area contributed by atoms with Gasteiger partial charge in [-0.25, -0.2) is 4.79 Å². The fourth-order valence-corrected chi connectivity index (χ4v) is 2.52. The Morgan fingerprint density at radius 2 is 2.00 bits per heavy atom. The van der Waals surface area contributed by atoms with Gasteiger partial charge in [-0.3, -0.25) is 4.79 Å². The molecular weight excluding hydrogens is 320 g/mol. The highest BCUT2D eigenvalue weighted by atomic mass is 16.5. The van der Waals surface area contributed by atoms with Crippen molar-refractivity contribution < 1.29 is 23.8 Å². The molecule has 0 saturated heterocycles. The highest BCUT2D eigenvalue weighted by molar-refractivity contribution is 6.15.